The average molecular weight is 217 g/mol. The van der Waals surface area contributed by atoms with E-state index in [0.717, 1.165) is 5.69 Å². The number of aromatic nitrogens is 1. The topological polar surface area (TPSA) is 83.4 Å². The standard InChI is InChI=1S/C11H11N3O2/c1-8(15)11(14-12)10(16)6-5-9-4-2-3-7-13-9/h2-4,7H,5-6H2,1H3. The lowest BCUT2D eigenvalue weighted by Gasteiger charge is -1.96. The quantitative estimate of drug-likeness (QED) is 0.317. The fourth-order valence-electron chi connectivity index (χ4n) is 1.23. The van der Waals surface area contributed by atoms with Crippen molar-refractivity contribution >= 4 is 17.3 Å². The van der Waals surface area contributed by atoms with Gasteiger partial charge in [0.15, 0.2) is 0 Å². The molecule has 0 bridgehead atoms. The smallest absolute Gasteiger partial charge is 0.360 e. The van der Waals surface area contributed by atoms with Crippen LogP contribution in [0.4, 0.5) is 0 Å². The van der Waals surface area contributed by atoms with Crippen LogP contribution in [0.3, 0.4) is 0 Å². The SMILES string of the molecule is CC(=O)C(=[N+]=[N-])C(=O)CCc1ccccn1. The van der Waals surface area contributed by atoms with Crippen molar-refractivity contribution in [1.82, 2.24) is 4.98 Å². The summed E-state index contributed by atoms with van der Waals surface area (Å²) in [4.78, 5) is 29.1. The fraction of sp³-hybridized carbons (Fsp3) is 0.273. The van der Waals surface area contributed by atoms with Gasteiger partial charge in [-0.3, -0.25) is 14.6 Å². The maximum absolute atomic E-state index is 11.4. The third kappa shape index (κ3) is 3.22. The Morgan fingerprint density at radius 3 is 2.69 bits per heavy atom. The Kier molecular flexibility index (Phi) is 4.24. The van der Waals surface area contributed by atoms with Gasteiger partial charge in [0.05, 0.1) is 0 Å². The second kappa shape index (κ2) is 5.68. The van der Waals surface area contributed by atoms with Crippen molar-refractivity contribution in [2.75, 3.05) is 0 Å². The molecule has 16 heavy (non-hydrogen) atoms. The first kappa shape index (κ1) is 11.9. The largest absolute Gasteiger partial charge is 0.399 e. The second-order valence-electron chi connectivity index (χ2n) is 3.25. The van der Waals surface area contributed by atoms with Gasteiger partial charge in [-0.1, -0.05) is 6.07 Å². The molecule has 5 heteroatoms. The molecule has 0 atom stereocenters. The van der Waals surface area contributed by atoms with Gasteiger partial charge in [0, 0.05) is 25.2 Å². The van der Waals surface area contributed by atoms with Gasteiger partial charge in [0.25, 0.3) is 0 Å². The molecule has 0 N–H and O–H groups in total. The monoisotopic (exact) mass is 217 g/mol. The predicted octanol–water partition coefficient (Wildman–Crippen LogP) is 0.843. The van der Waals surface area contributed by atoms with Gasteiger partial charge in [-0.05, 0) is 18.6 Å². The van der Waals surface area contributed by atoms with Crippen LogP contribution in [-0.4, -0.2) is 27.1 Å². The van der Waals surface area contributed by atoms with E-state index in [2.05, 4.69) is 9.77 Å². The molecule has 1 aromatic heterocycles. The molecule has 1 heterocycles. The van der Waals surface area contributed by atoms with Crippen LogP contribution in [0.15, 0.2) is 24.4 Å². The average Bonchev–Trinajstić information content (AvgIpc) is 2.28. The summed E-state index contributed by atoms with van der Waals surface area (Å²) in [6, 6.07) is 5.39. The number of nitrogens with zero attached hydrogens (tertiary/aromatic N) is 3. The number of hydrogen-bond acceptors (Lipinski definition) is 3. The maximum Gasteiger partial charge on any atom is 0.399 e. The summed E-state index contributed by atoms with van der Waals surface area (Å²) in [6.07, 6.45) is 2.16. The number of aryl methyl sites for hydroxylation is 1. The first-order valence-electron chi connectivity index (χ1n) is 4.81. The zero-order valence-corrected chi connectivity index (χ0v) is 8.88. The molecule has 0 fully saturated rings. The Balaban J connectivity index is 2.60. The molecule has 0 amide bonds. The summed E-state index contributed by atoms with van der Waals surface area (Å²) in [5, 5.41) is 0. The molecule has 1 rings (SSSR count). The molecule has 1 aromatic rings. The Labute approximate surface area is 92.7 Å². The van der Waals surface area contributed by atoms with Crippen molar-refractivity contribution in [1.29, 1.82) is 0 Å². The lowest BCUT2D eigenvalue weighted by molar-refractivity contribution is -0.123. The molecule has 5 nitrogen and oxygen atoms in total. The van der Waals surface area contributed by atoms with Gasteiger partial charge in [0.1, 0.15) is 0 Å². The lowest BCUT2D eigenvalue weighted by Crippen LogP contribution is -2.23. The van der Waals surface area contributed by atoms with E-state index in [-0.39, 0.29) is 6.42 Å². The van der Waals surface area contributed by atoms with Gasteiger partial charge in [0.2, 0.25) is 11.6 Å². The molecule has 0 aliphatic carbocycles. The molecule has 0 radical (unpaired) electrons. The molecule has 82 valence electrons. The zero-order valence-electron chi connectivity index (χ0n) is 8.88. The Hall–Kier alpha value is -2.13. The molecule has 0 spiro atoms. The molecule has 0 unspecified atom stereocenters. The number of Topliss-reactive ketones (excluding diaryl/α,β-unsaturated/α-hetero) is 2. The molecule has 0 aliphatic heterocycles. The number of carbonyl (C=O) groups is 2. The fourth-order valence-corrected chi connectivity index (χ4v) is 1.23. The van der Waals surface area contributed by atoms with Gasteiger partial charge >= 0.3 is 5.71 Å². The van der Waals surface area contributed by atoms with Crippen LogP contribution in [0.25, 0.3) is 5.53 Å². The number of carbonyl (C=O) groups excluding carboxylic acids is 2. The minimum absolute atomic E-state index is 0.107. The summed E-state index contributed by atoms with van der Waals surface area (Å²) in [6.45, 7) is 1.19. The van der Waals surface area contributed by atoms with Crippen molar-refractivity contribution in [3.8, 4) is 0 Å². The molecule has 0 aromatic carbocycles. The zero-order chi connectivity index (χ0) is 12.0. The first-order chi connectivity index (χ1) is 7.65. The van der Waals surface area contributed by atoms with Crippen LogP contribution >= 0.6 is 0 Å². The van der Waals surface area contributed by atoms with Gasteiger partial charge in [-0.25, -0.2) is 0 Å². The van der Waals surface area contributed by atoms with Crippen LogP contribution in [0.2, 0.25) is 0 Å². The summed E-state index contributed by atoms with van der Waals surface area (Å²) >= 11 is 0. The van der Waals surface area contributed by atoms with Crippen molar-refractivity contribution in [3.63, 3.8) is 0 Å². The molecular weight excluding hydrogens is 206 g/mol. The molecule has 0 saturated heterocycles. The predicted molar refractivity (Wildman–Crippen MR) is 56.9 cm³/mol. The second-order valence-corrected chi connectivity index (χ2v) is 3.25. The van der Waals surface area contributed by atoms with Crippen molar-refractivity contribution in [2.45, 2.75) is 19.8 Å². The highest BCUT2D eigenvalue weighted by atomic mass is 16.1. The van der Waals surface area contributed by atoms with E-state index in [9.17, 15) is 9.59 Å². The number of hydrogen-bond donors (Lipinski definition) is 0. The minimum atomic E-state index is -0.534. The summed E-state index contributed by atoms with van der Waals surface area (Å²) in [7, 11) is 0. The number of pyridine rings is 1. The molecule has 0 aliphatic rings. The van der Waals surface area contributed by atoms with E-state index in [1.807, 2.05) is 6.07 Å². The minimum Gasteiger partial charge on any atom is -0.360 e. The van der Waals surface area contributed by atoms with E-state index >= 15 is 0 Å². The lowest BCUT2D eigenvalue weighted by atomic mass is 10.1. The van der Waals surface area contributed by atoms with E-state index in [0.29, 0.717) is 6.42 Å². The van der Waals surface area contributed by atoms with E-state index in [1.165, 1.54) is 6.92 Å². The van der Waals surface area contributed by atoms with Crippen molar-refractivity contribution in [2.24, 2.45) is 0 Å². The summed E-state index contributed by atoms with van der Waals surface area (Å²) in [5.74, 6) is -1.01. The molecule has 0 saturated carbocycles. The van der Waals surface area contributed by atoms with Crippen LogP contribution in [0, 0.1) is 0 Å². The third-order valence-electron chi connectivity index (χ3n) is 2.03. The third-order valence-corrected chi connectivity index (χ3v) is 2.03. The highest BCUT2D eigenvalue weighted by molar-refractivity contribution is 6.63. The first-order valence-corrected chi connectivity index (χ1v) is 4.81. The number of rotatable bonds is 5. The van der Waals surface area contributed by atoms with Crippen molar-refractivity contribution < 1.29 is 14.4 Å². The van der Waals surface area contributed by atoms with Crippen LogP contribution in [0.5, 0.6) is 0 Å². The summed E-state index contributed by atoms with van der Waals surface area (Å²) < 4.78 is 0. The van der Waals surface area contributed by atoms with Gasteiger partial charge in [-0.15, -0.1) is 0 Å². The van der Waals surface area contributed by atoms with Crippen molar-refractivity contribution in [3.05, 3.63) is 35.6 Å². The van der Waals surface area contributed by atoms with E-state index < -0.39 is 17.3 Å². The van der Waals surface area contributed by atoms with Gasteiger partial charge < -0.3 is 5.53 Å². The number of ketones is 2. The van der Waals surface area contributed by atoms with E-state index in [4.69, 9.17) is 5.53 Å². The Morgan fingerprint density at radius 1 is 1.44 bits per heavy atom. The van der Waals surface area contributed by atoms with Crippen LogP contribution in [0.1, 0.15) is 19.0 Å². The van der Waals surface area contributed by atoms with E-state index in [1.54, 1.807) is 18.3 Å². The normalized spacial score (nSPS) is 9.31. The van der Waals surface area contributed by atoms with Gasteiger partial charge in [-0.2, -0.15) is 4.79 Å². The maximum atomic E-state index is 11.4. The highest BCUT2D eigenvalue weighted by Crippen LogP contribution is 1.99. The Bertz CT molecular complexity index is 448. The highest BCUT2D eigenvalue weighted by Gasteiger charge is 2.24. The molecular formula is C11H11N3O2. The van der Waals surface area contributed by atoms with Crippen LogP contribution in [-0.2, 0) is 16.0 Å². The van der Waals surface area contributed by atoms with Crippen LogP contribution < -0.4 is 0 Å². The Morgan fingerprint density at radius 2 is 2.19 bits per heavy atom. The summed E-state index contributed by atoms with van der Waals surface area (Å²) in [5.41, 5.74) is 8.85.